The molecule has 0 bridgehead atoms. The van der Waals surface area contributed by atoms with Crippen molar-refractivity contribution >= 4 is 41.4 Å². The summed E-state index contributed by atoms with van der Waals surface area (Å²) in [6.07, 6.45) is 6.42. The van der Waals surface area contributed by atoms with Gasteiger partial charge in [0.1, 0.15) is 12.1 Å². The summed E-state index contributed by atoms with van der Waals surface area (Å²) in [7, 11) is 0. The van der Waals surface area contributed by atoms with Gasteiger partial charge in [-0.15, -0.1) is 0 Å². The molecule has 1 unspecified atom stereocenters. The van der Waals surface area contributed by atoms with Crippen molar-refractivity contribution in [3.05, 3.63) is 29.6 Å². The van der Waals surface area contributed by atoms with E-state index in [4.69, 9.17) is 5.73 Å². The number of rotatable bonds is 11. The molecule has 0 radical (unpaired) electrons. The van der Waals surface area contributed by atoms with Gasteiger partial charge < -0.3 is 26.6 Å². The second-order valence-corrected chi connectivity index (χ2v) is 15.5. The molecule has 3 heterocycles. The highest BCUT2D eigenvalue weighted by Gasteiger charge is 2.46. The maximum atomic E-state index is 14.2. The lowest BCUT2D eigenvalue weighted by Crippen LogP contribution is -2.62. The smallest absolute Gasteiger partial charge is 0.315 e. The van der Waals surface area contributed by atoms with Gasteiger partial charge in [-0.25, -0.2) is 4.79 Å². The number of primary amides is 1. The first-order valence-electron chi connectivity index (χ1n) is 16.6. The SMILES string of the molecule is C[C@H]1CCN(C(=O)[C@@H](NC(=O)N[C@H](CN2C(=O)c3ccncc3C2=O)C(C)(C)C)C(C)(C)C)[C@@H]1C(=O)NC(CC1CCC1)C(=O)C(N)=O. The number of carbonyl (C=O) groups excluding carboxylic acids is 7. The van der Waals surface area contributed by atoms with Crippen molar-refractivity contribution in [3.63, 3.8) is 0 Å². The average molecular weight is 668 g/mol. The van der Waals surface area contributed by atoms with Gasteiger partial charge in [0.15, 0.2) is 0 Å². The number of urea groups is 1. The Morgan fingerprint density at radius 2 is 1.58 bits per heavy atom. The first-order chi connectivity index (χ1) is 22.3. The summed E-state index contributed by atoms with van der Waals surface area (Å²) in [5.41, 5.74) is 4.35. The number of amides is 7. The second-order valence-electron chi connectivity index (χ2n) is 15.5. The Kier molecular flexibility index (Phi) is 10.6. The Hall–Kier alpha value is -4.36. The molecule has 3 aliphatic rings. The Morgan fingerprint density at radius 1 is 0.938 bits per heavy atom. The van der Waals surface area contributed by atoms with Gasteiger partial charge in [0, 0.05) is 18.9 Å². The van der Waals surface area contributed by atoms with Crippen LogP contribution >= 0.6 is 0 Å². The van der Waals surface area contributed by atoms with Gasteiger partial charge >= 0.3 is 6.03 Å². The highest BCUT2D eigenvalue weighted by Crippen LogP contribution is 2.32. The zero-order chi connectivity index (χ0) is 35.7. The number of hydrogen-bond acceptors (Lipinski definition) is 8. The number of likely N-dealkylation sites (tertiary alicyclic amines) is 1. The van der Waals surface area contributed by atoms with Crippen molar-refractivity contribution in [2.24, 2.45) is 28.4 Å². The molecular weight excluding hydrogens is 618 g/mol. The van der Waals surface area contributed by atoms with E-state index in [9.17, 15) is 33.6 Å². The molecule has 262 valence electrons. The topological polar surface area (TPSA) is 201 Å². The summed E-state index contributed by atoms with van der Waals surface area (Å²) < 4.78 is 0. The maximum Gasteiger partial charge on any atom is 0.315 e. The number of nitrogens with two attached hydrogens (primary N) is 1. The molecule has 0 spiro atoms. The maximum absolute atomic E-state index is 14.2. The molecule has 1 aliphatic carbocycles. The second kappa shape index (κ2) is 14.0. The van der Waals surface area contributed by atoms with Gasteiger partial charge in [-0.2, -0.15) is 0 Å². The number of carbonyl (C=O) groups is 7. The van der Waals surface area contributed by atoms with Gasteiger partial charge in [0.05, 0.1) is 29.8 Å². The Bertz CT molecular complexity index is 1440. The lowest BCUT2D eigenvalue weighted by Gasteiger charge is -2.38. The summed E-state index contributed by atoms with van der Waals surface area (Å²) in [5.74, 6) is -4.03. The number of nitrogens with zero attached hydrogens (tertiary/aromatic N) is 3. The number of imide groups is 1. The highest BCUT2D eigenvalue weighted by molar-refractivity contribution is 6.37. The van der Waals surface area contributed by atoms with E-state index in [1.807, 2.05) is 27.7 Å². The summed E-state index contributed by atoms with van der Waals surface area (Å²) in [4.78, 5) is 98.4. The van der Waals surface area contributed by atoms with Gasteiger partial charge in [-0.3, -0.25) is 38.7 Å². The Morgan fingerprint density at radius 3 is 2.12 bits per heavy atom. The molecular formula is C34H49N7O7. The van der Waals surface area contributed by atoms with Crippen LogP contribution in [0.1, 0.15) is 101 Å². The molecule has 14 nitrogen and oxygen atoms in total. The molecule has 5 atom stereocenters. The van der Waals surface area contributed by atoms with E-state index in [0.29, 0.717) is 12.8 Å². The van der Waals surface area contributed by atoms with Crippen LogP contribution in [0.3, 0.4) is 0 Å². The minimum absolute atomic E-state index is 0.102. The molecule has 1 aromatic heterocycles. The number of nitrogens with one attached hydrogen (secondary N) is 3. The van der Waals surface area contributed by atoms with Crippen LogP contribution in [0.15, 0.2) is 18.5 Å². The average Bonchev–Trinajstić information content (AvgIpc) is 3.47. The van der Waals surface area contributed by atoms with Crippen LogP contribution in [0, 0.1) is 22.7 Å². The molecule has 1 saturated carbocycles. The van der Waals surface area contributed by atoms with Crippen LogP contribution in [-0.2, 0) is 19.2 Å². The van der Waals surface area contributed by atoms with Crippen molar-refractivity contribution in [3.8, 4) is 0 Å². The van der Waals surface area contributed by atoms with Crippen LogP contribution in [0.25, 0.3) is 0 Å². The van der Waals surface area contributed by atoms with Gasteiger partial charge in [0.2, 0.25) is 17.6 Å². The quantitative estimate of drug-likeness (QED) is 0.202. The Labute approximate surface area is 281 Å². The molecule has 0 aromatic carbocycles. The van der Waals surface area contributed by atoms with Gasteiger partial charge in [-0.05, 0) is 41.6 Å². The first-order valence-corrected chi connectivity index (χ1v) is 16.6. The number of fused-ring (bicyclic) bond motifs is 1. The summed E-state index contributed by atoms with van der Waals surface area (Å²) in [5, 5.41) is 8.40. The van der Waals surface area contributed by atoms with Crippen molar-refractivity contribution in [2.75, 3.05) is 13.1 Å². The lowest BCUT2D eigenvalue weighted by molar-refractivity contribution is -0.144. The number of aromatic nitrogens is 1. The number of Topliss-reactive ketones (excluding diaryl/α,β-unsaturated/α-hetero) is 1. The van der Waals surface area contributed by atoms with Crippen LogP contribution in [0.5, 0.6) is 0 Å². The predicted molar refractivity (Wildman–Crippen MR) is 175 cm³/mol. The lowest BCUT2D eigenvalue weighted by atomic mass is 9.80. The van der Waals surface area contributed by atoms with E-state index in [2.05, 4.69) is 20.9 Å². The molecule has 2 fully saturated rings. The zero-order valence-corrected chi connectivity index (χ0v) is 28.9. The molecule has 1 aromatic rings. The molecule has 14 heteroatoms. The van der Waals surface area contributed by atoms with Crippen LogP contribution < -0.4 is 21.7 Å². The molecule has 4 rings (SSSR count). The van der Waals surface area contributed by atoms with Crippen molar-refractivity contribution in [1.82, 2.24) is 30.7 Å². The van der Waals surface area contributed by atoms with Gasteiger partial charge in [0.25, 0.3) is 17.7 Å². The van der Waals surface area contributed by atoms with E-state index in [-0.39, 0.29) is 36.1 Å². The van der Waals surface area contributed by atoms with Crippen molar-refractivity contribution in [2.45, 2.75) is 105 Å². The third-order valence-electron chi connectivity index (χ3n) is 9.80. The predicted octanol–water partition coefficient (Wildman–Crippen LogP) is 1.77. The summed E-state index contributed by atoms with van der Waals surface area (Å²) in [6.45, 7) is 12.9. The Balaban J connectivity index is 1.49. The van der Waals surface area contributed by atoms with E-state index < -0.39 is 76.3 Å². The monoisotopic (exact) mass is 667 g/mol. The van der Waals surface area contributed by atoms with E-state index in [1.165, 1.54) is 23.4 Å². The number of ketones is 1. The van der Waals surface area contributed by atoms with Crippen LogP contribution in [0.4, 0.5) is 4.79 Å². The van der Waals surface area contributed by atoms with Crippen molar-refractivity contribution < 1.29 is 33.6 Å². The molecule has 2 aliphatic heterocycles. The molecule has 1 saturated heterocycles. The van der Waals surface area contributed by atoms with E-state index in [1.54, 1.807) is 20.8 Å². The number of hydrogen-bond donors (Lipinski definition) is 4. The van der Waals surface area contributed by atoms with E-state index >= 15 is 0 Å². The fraction of sp³-hybridized carbons (Fsp3) is 0.647. The molecule has 5 N–H and O–H groups in total. The standard InChI is InChI=1S/C34H49N7O7/c1-18-12-14-40(24(18)28(44)37-22(25(42)27(35)43)15-19-9-8-10-19)31(47)26(34(5,6)7)39-32(48)38-23(33(2,3)4)17-41-29(45)20-11-13-36-16-21(20)30(41)46/h11,13,16,18-19,22-24,26H,8-10,12,14-15,17H2,1-7H3,(H2,35,43)(H,37,44)(H2,38,39,48)/t18-,22?,23+,24-,26+/m0/s1. The minimum Gasteiger partial charge on any atom is -0.363 e. The van der Waals surface area contributed by atoms with E-state index in [0.717, 1.165) is 24.2 Å². The highest BCUT2D eigenvalue weighted by atomic mass is 16.2. The zero-order valence-electron chi connectivity index (χ0n) is 28.9. The van der Waals surface area contributed by atoms with Crippen LogP contribution in [-0.4, -0.2) is 93.4 Å². The fourth-order valence-electron chi connectivity index (χ4n) is 6.48. The third-order valence-corrected chi connectivity index (χ3v) is 9.80. The molecule has 7 amide bonds. The van der Waals surface area contributed by atoms with Gasteiger partial charge in [-0.1, -0.05) is 67.7 Å². The van der Waals surface area contributed by atoms with Crippen LogP contribution in [0.2, 0.25) is 0 Å². The molecule has 48 heavy (non-hydrogen) atoms. The largest absolute Gasteiger partial charge is 0.363 e. The summed E-state index contributed by atoms with van der Waals surface area (Å²) >= 11 is 0. The normalized spacial score (nSPS) is 21.6. The third kappa shape index (κ3) is 7.84. The fourth-order valence-corrected chi connectivity index (χ4v) is 6.48. The first kappa shape index (κ1) is 36.5. The van der Waals surface area contributed by atoms with Crippen molar-refractivity contribution in [1.29, 1.82) is 0 Å². The number of pyridine rings is 1. The summed E-state index contributed by atoms with van der Waals surface area (Å²) in [6, 6.07) is -2.95. The minimum atomic E-state index is -1.12.